The molecular formula is C24H21N3O5S. The molecule has 0 spiro atoms. The molecule has 1 heterocycles. The number of ether oxygens (including phenoxy) is 1. The Morgan fingerprint density at radius 2 is 1.58 bits per heavy atom. The number of fused-ring (bicyclic) bond motifs is 1. The number of amides is 1. The van der Waals surface area contributed by atoms with Gasteiger partial charge in [-0.3, -0.25) is 4.79 Å². The molecule has 0 fully saturated rings. The lowest BCUT2D eigenvalue weighted by Gasteiger charge is -2.21. The van der Waals surface area contributed by atoms with Crippen molar-refractivity contribution in [1.29, 1.82) is 0 Å². The number of sulfonamides is 1. The Bertz CT molecular complexity index is 1280. The number of hydrogen-bond acceptors (Lipinski definition) is 6. The van der Waals surface area contributed by atoms with Gasteiger partial charge in [0, 0.05) is 12.5 Å². The lowest BCUT2D eigenvalue weighted by atomic mass is 9.91. The Balaban J connectivity index is 1.56. The van der Waals surface area contributed by atoms with Crippen molar-refractivity contribution in [2.24, 2.45) is 4.40 Å². The molecule has 0 saturated heterocycles. The molecule has 0 atom stereocenters. The lowest BCUT2D eigenvalue weighted by Crippen LogP contribution is -2.40. The molecule has 1 aliphatic heterocycles. The van der Waals surface area contributed by atoms with Crippen LogP contribution in [-0.2, 0) is 19.6 Å². The van der Waals surface area contributed by atoms with Crippen LogP contribution in [-0.4, -0.2) is 39.8 Å². The number of amidine groups is 1. The third-order valence-electron chi connectivity index (χ3n) is 5.23. The fraction of sp³-hybridized carbons (Fsp3) is 0.125. The monoisotopic (exact) mass is 463 g/mol. The Labute approximate surface area is 191 Å². The molecule has 0 bridgehead atoms. The molecule has 0 unspecified atom stereocenters. The summed E-state index contributed by atoms with van der Waals surface area (Å²) in [4.78, 5) is 24.4. The van der Waals surface area contributed by atoms with Gasteiger partial charge in [0.2, 0.25) is 5.84 Å². The predicted octanol–water partition coefficient (Wildman–Crippen LogP) is 2.93. The van der Waals surface area contributed by atoms with Crippen molar-refractivity contribution in [1.82, 2.24) is 5.32 Å². The number of nitrogens with zero attached hydrogens (tertiary/aromatic N) is 1. The van der Waals surface area contributed by atoms with Crippen molar-refractivity contribution in [3.8, 4) is 0 Å². The topological polar surface area (TPSA) is 114 Å². The van der Waals surface area contributed by atoms with Gasteiger partial charge in [0.1, 0.15) is 4.90 Å². The van der Waals surface area contributed by atoms with Crippen LogP contribution in [0.4, 0.5) is 5.69 Å². The Morgan fingerprint density at radius 3 is 2.15 bits per heavy atom. The average molecular weight is 464 g/mol. The summed E-state index contributed by atoms with van der Waals surface area (Å²) in [7, 11) is -2.98. The Morgan fingerprint density at radius 1 is 0.970 bits per heavy atom. The smallest absolute Gasteiger partial charge is 0.337 e. The summed E-state index contributed by atoms with van der Waals surface area (Å²) >= 11 is 0. The summed E-state index contributed by atoms with van der Waals surface area (Å²) in [6, 6.07) is 23.4. The van der Waals surface area contributed by atoms with Crippen molar-refractivity contribution in [3.05, 3.63) is 95.6 Å². The molecule has 4 rings (SSSR count). The van der Waals surface area contributed by atoms with E-state index in [4.69, 9.17) is 0 Å². The molecule has 0 aromatic heterocycles. The summed E-state index contributed by atoms with van der Waals surface area (Å²) in [5.41, 5.74) is 2.25. The van der Waals surface area contributed by atoms with Crippen LogP contribution in [0.15, 0.2) is 88.2 Å². The van der Waals surface area contributed by atoms with E-state index in [-0.39, 0.29) is 34.4 Å². The standard InChI is InChI=1S/C24H21N3O5S/c1-32-24(29)18-12-13-20-21(14-18)33(30,31)27-22(26-20)23(28)25-15-19(16-8-4-2-5-9-16)17-10-6-3-7-11-17/h2-14,19H,15H2,1H3,(H,25,28)(H,26,27). The Kier molecular flexibility index (Phi) is 6.23. The van der Waals surface area contributed by atoms with Gasteiger partial charge in [-0.05, 0) is 29.3 Å². The van der Waals surface area contributed by atoms with E-state index in [1.807, 2.05) is 60.7 Å². The minimum Gasteiger partial charge on any atom is -0.465 e. The van der Waals surface area contributed by atoms with Gasteiger partial charge in [0.15, 0.2) is 0 Å². The quantitative estimate of drug-likeness (QED) is 0.544. The third-order valence-corrected chi connectivity index (χ3v) is 6.55. The van der Waals surface area contributed by atoms with E-state index < -0.39 is 21.9 Å². The zero-order chi connectivity index (χ0) is 23.4. The molecular weight excluding hydrogens is 442 g/mol. The Hall–Kier alpha value is -3.98. The van der Waals surface area contributed by atoms with E-state index >= 15 is 0 Å². The van der Waals surface area contributed by atoms with Gasteiger partial charge in [-0.15, -0.1) is 4.40 Å². The van der Waals surface area contributed by atoms with Crippen LogP contribution in [0.2, 0.25) is 0 Å². The highest BCUT2D eigenvalue weighted by molar-refractivity contribution is 7.90. The third kappa shape index (κ3) is 4.78. The summed E-state index contributed by atoms with van der Waals surface area (Å²) in [5.74, 6) is -1.80. The predicted molar refractivity (Wildman–Crippen MR) is 124 cm³/mol. The number of anilines is 1. The molecule has 0 saturated carbocycles. The van der Waals surface area contributed by atoms with Gasteiger partial charge >= 0.3 is 5.97 Å². The molecule has 8 nitrogen and oxygen atoms in total. The minimum absolute atomic E-state index is 0.0679. The first-order valence-electron chi connectivity index (χ1n) is 10.1. The number of carbonyl (C=O) groups is 2. The zero-order valence-corrected chi connectivity index (χ0v) is 18.5. The van der Waals surface area contributed by atoms with Gasteiger partial charge < -0.3 is 15.4 Å². The van der Waals surface area contributed by atoms with Crippen LogP contribution in [0.3, 0.4) is 0 Å². The van der Waals surface area contributed by atoms with Gasteiger partial charge in [-0.2, -0.15) is 8.42 Å². The zero-order valence-electron chi connectivity index (χ0n) is 17.7. The number of benzene rings is 3. The van der Waals surface area contributed by atoms with E-state index in [0.29, 0.717) is 0 Å². The van der Waals surface area contributed by atoms with Crippen molar-refractivity contribution in [2.45, 2.75) is 10.8 Å². The minimum atomic E-state index is -4.19. The fourth-order valence-electron chi connectivity index (χ4n) is 3.58. The van der Waals surface area contributed by atoms with Gasteiger partial charge in [0.05, 0.1) is 18.4 Å². The lowest BCUT2D eigenvalue weighted by molar-refractivity contribution is -0.114. The highest BCUT2D eigenvalue weighted by Gasteiger charge is 2.29. The number of methoxy groups -OCH3 is 1. The second kappa shape index (κ2) is 9.25. The normalized spacial score (nSPS) is 13.9. The van der Waals surface area contributed by atoms with E-state index in [0.717, 1.165) is 11.1 Å². The maximum absolute atomic E-state index is 12.8. The first-order valence-corrected chi connectivity index (χ1v) is 11.6. The van der Waals surface area contributed by atoms with Crippen molar-refractivity contribution < 1.29 is 22.7 Å². The second-order valence-electron chi connectivity index (χ2n) is 7.33. The molecule has 168 valence electrons. The van der Waals surface area contributed by atoms with Crippen LogP contribution < -0.4 is 10.6 Å². The SMILES string of the molecule is COC(=O)c1ccc2c(c1)S(=O)(=O)N=C(C(=O)NCC(c1ccccc1)c1ccccc1)N2. The molecule has 2 N–H and O–H groups in total. The van der Waals surface area contributed by atoms with Crippen LogP contribution in [0, 0.1) is 0 Å². The summed E-state index contributed by atoms with van der Waals surface area (Å²) < 4.78 is 33.6. The second-order valence-corrected chi connectivity index (χ2v) is 8.90. The number of carbonyl (C=O) groups excluding carboxylic acids is 2. The summed E-state index contributed by atoms with van der Waals surface area (Å²) in [6.45, 7) is 0.238. The molecule has 3 aromatic carbocycles. The fourth-order valence-corrected chi connectivity index (χ4v) is 4.72. The molecule has 0 radical (unpaired) electrons. The molecule has 1 aliphatic rings. The van der Waals surface area contributed by atoms with Crippen molar-refractivity contribution in [2.75, 3.05) is 19.0 Å². The van der Waals surface area contributed by atoms with E-state index in [2.05, 4.69) is 19.8 Å². The number of hydrogen-bond donors (Lipinski definition) is 2. The first-order chi connectivity index (χ1) is 15.9. The van der Waals surface area contributed by atoms with E-state index in [1.54, 1.807) is 0 Å². The van der Waals surface area contributed by atoms with Gasteiger partial charge in [-0.25, -0.2) is 4.79 Å². The number of esters is 1. The van der Waals surface area contributed by atoms with Gasteiger partial charge in [-0.1, -0.05) is 60.7 Å². The molecule has 1 amide bonds. The molecule has 0 aliphatic carbocycles. The van der Waals surface area contributed by atoms with E-state index in [9.17, 15) is 18.0 Å². The number of nitrogens with one attached hydrogen (secondary N) is 2. The van der Waals surface area contributed by atoms with Crippen molar-refractivity contribution >= 4 is 33.4 Å². The number of rotatable bonds is 6. The summed E-state index contributed by atoms with van der Waals surface area (Å²) in [6.07, 6.45) is 0. The first kappa shape index (κ1) is 22.2. The van der Waals surface area contributed by atoms with Crippen LogP contribution in [0.5, 0.6) is 0 Å². The van der Waals surface area contributed by atoms with Crippen molar-refractivity contribution in [3.63, 3.8) is 0 Å². The summed E-state index contributed by atoms with van der Waals surface area (Å²) in [5, 5.41) is 5.53. The van der Waals surface area contributed by atoms with Crippen LogP contribution >= 0.6 is 0 Å². The largest absolute Gasteiger partial charge is 0.465 e. The van der Waals surface area contributed by atoms with Crippen LogP contribution in [0.25, 0.3) is 0 Å². The maximum atomic E-state index is 12.8. The molecule has 33 heavy (non-hydrogen) atoms. The highest BCUT2D eigenvalue weighted by Crippen LogP contribution is 2.29. The van der Waals surface area contributed by atoms with Crippen LogP contribution in [0.1, 0.15) is 27.4 Å². The van der Waals surface area contributed by atoms with E-state index in [1.165, 1.54) is 25.3 Å². The van der Waals surface area contributed by atoms with Gasteiger partial charge in [0.25, 0.3) is 15.9 Å². The highest BCUT2D eigenvalue weighted by atomic mass is 32.2. The maximum Gasteiger partial charge on any atom is 0.337 e. The molecule has 3 aromatic rings. The average Bonchev–Trinajstić information content (AvgIpc) is 2.84. The molecule has 9 heteroatoms.